The first-order valence-corrected chi connectivity index (χ1v) is 9.19. The molecule has 1 saturated heterocycles. The Hall–Kier alpha value is -2.63. The topological polar surface area (TPSA) is 75.4 Å². The average Bonchev–Trinajstić information content (AvgIpc) is 3.17. The maximum absolute atomic E-state index is 13.0. The smallest absolute Gasteiger partial charge is 0.246 e. The summed E-state index contributed by atoms with van der Waals surface area (Å²) < 4.78 is 5.54. The summed E-state index contributed by atoms with van der Waals surface area (Å²) in [5.74, 6) is 0.490. The Bertz CT molecular complexity index is 813. The number of carbonyl (C=O) groups is 2. The molecule has 26 heavy (non-hydrogen) atoms. The van der Waals surface area contributed by atoms with Crippen molar-refractivity contribution >= 4 is 11.8 Å². The molecular formula is C20H23N3O3. The number of benzene rings is 1. The van der Waals surface area contributed by atoms with Gasteiger partial charge in [-0.2, -0.15) is 0 Å². The van der Waals surface area contributed by atoms with Gasteiger partial charge < -0.3 is 14.7 Å². The molecule has 2 amide bonds. The van der Waals surface area contributed by atoms with Crippen LogP contribution >= 0.6 is 0 Å². The lowest BCUT2D eigenvalue weighted by atomic mass is 9.89. The summed E-state index contributed by atoms with van der Waals surface area (Å²) >= 11 is 0. The highest BCUT2D eigenvalue weighted by Gasteiger charge is 2.50. The van der Waals surface area contributed by atoms with Crippen molar-refractivity contribution in [1.29, 1.82) is 0 Å². The van der Waals surface area contributed by atoms with Gasteiger partial charge in [0.15, 0.2) is 0 Å². The van der Waals surface area contributed by atoms with Crippen LogP contribution in [-0.4, -0.2) is 40.0 Å². The number of rotatable bonds is 5. The van der Waals surface area contributed by atoms with Gasteiger partial charge in [0.1, 0.15) is 17.0 Å². The zero-order valence-electron chi connectivity index (χ0n) is 14.9. The van der Waals surface area contributed by atoms with E-state index in [1.54, 1.807) is 4.90 Å². The van der Waals surface area contributed by atoms with E-state index >= 15 is 0 Å². The van der Waals surface area contributed by atoms with Crippen molar-refractivity contribution in [2.75, 3.05) is 6.54 Å². The summed E-state index contributed by atoms with van der Waals surface area (Å²) in [6.07, 6.45) is 3.85. The van der Waals surface area contributed by atoms with E-state index in [2.05, 4.69) is 10.5 Å². The van der Waals surface area contributed by atoms with Crippen LogP contribution in [-0.2, 0) is 16.0 Å². The minimum Gasteiger partial charge on any atom is -0.361 e. The molecule has 2 aromatic rings. The van der Waals surface area contributed by atoms with Gasteiger partial charge in [-0.3, -0.25) is 9.59 Å². The fourth-order valence-electron chi connectivity index (χ4n) is 3.81. The van der Waals surface area contributed by atoms with Crippen LogP contribution < -0.4 is 5.32 Å². The van der Waals surface area contributed by atoms with Gasteiger partial charge >= 0.3 is 0 Å². The number of hydrogen-bond acceptors (Lipinski definition) is 4. The zero-order valence-corrected chi connectivity index (χ0v) is 14.9. The van der Waals surface area contributed by atoms with Crippen molar-refractivity contribution in [2.24, 2.45) is 0 Å². The molecule has 1 aliphatic carbocycles. The highest BCUT2D eigenvalue weighted by molar-refractivity contribution is 5.92. The van der Waals surface area contributed by atoms with Crippen LogP contribution in [0.1, 0.15) is 38.4 Å². The van der Waals surface area contributed by atoms with E-state index in [4.69, 9.17) is 4.52 Å². The van der Waals surface area contributed by atoms with E-state index in [0.29, 0.717) is 25.1 Å². The molecule has 0 unspecified atom stereocenters. The molecule has 6 nitrogen and oxygen atoms in total. The Morgan fingerprint density at radius 1 is 1.31 bits per heavy atom. The maximum Gasteiger partial charge on any atom is 0.246 e. The van der Waals surface area contributed by atoms with E-state index in [1.807, 2.05) is 36.4 Å². The molecule has 1 aliphatic heterocycles. The van der Waals surface area contributed by atoms with Crippen molar-refractivity contribution in [2.45, 2.75) is 50.6 Å². The monoisotopic (exact) mass is 353 g/mol. The molecule has 2 aliphatic rings. The van der Waals surface area contributed by atoms with Gasteiger partial charge in [-0.25, -0.2) is 0 Å². The van der Waals surface area contributed by atoms with Crippen molar-refractivity contribution in [1.82, 2.24) is 15.4 Å². The third-order valence-corrected chi connectivity index (χ3v) is 5.30. The van der Waals surface area contributed by atoms with Crippen LogP contribution in [0.3, 0.4) is 0 Å². The highest BCUT2D eigenvalue weighted by atomic mass is 16.5. The Kier molecular flexibility index (Phi) is 4.26. The molecule has 4 rings (SSSR count). The van der Waals surface area contributed by atoms with Crippen LogP contribution in [0.15, 0.2) is 40.9 Å². The fraction of sp³-hybridized carbons (Fsp3) is 0.450. The Balaban J connectivity index is 1.62. The van der Waals surface area contributed by atoms with Crippen LogP contribution in [0.4, 0.5) is 0 Å². The van der Waals surface area contributed by atoms with Gasteiger partial charge in [0, 0.05) is 37.6 Å². The number of carbonyl (C=O) groups excluding carboxylic acids is 2. The lowest BCUT2D eigenvalue weighted by Gasteiger charge is -2.36. The van der Waals surface area contributed by atoms with Crippen molar-refractivity contribution < 1.29 is 14.1 Å². The minimum absolute atomic E-state index is 0.0645. The number of nitrogens with zero attached hydrogens (tertiary/aromatic N) is 2. The molecule has 136 valence electrons. The van der Waals surface area contributed by atoms with E-state index in [0.717, 1.165) is 30.5 Å². The van der Waals surface area contributed by atoms with Crippen molar-refractivity contribution in [3.8, 4) is 11.3 Å². The van der Waals surface area contributed by atoms with Crippen molar-refractivity contribution in [3.05, 3.63) is 42.2 Å². The molecule has 1 N–H and O–H groups in total. The SMILES string of the molecule is CC(=O)N1CCC[C@@]1(Cc1cc(-c2ccccc2)no1)C(=O)NC1CC1. The third-order valence-electron chi connectivity index (χ3n) is 5.30. The Morgan fingerprint density at radius 2 is 2.08 bits per heavy atom. The van der Waals surface area contributed by atoms with E-state index < -0.39 is 5.54 Å². The first-order chi connectivity index (χ1) is 12.6. The summed E-state index contributed by atoms with van der Waals surface area (Å²) in [6.45, 7) is 2.13. The molecule has 0 spiro atoms. The second kappa shape index (κ2) is 6.59. The minimum atomic E-state index is -0.873. The lowest BCUT2D eigenvalue weighted by Crippen LogP contribution is -2.58. The number of nitrogens with one attached hydrogen (secondary N) is 1. The normalized spacial score (nSPS) is 22.4. The van der Waals surface area contributed by atoms with Gasteiger partial charge in [-0.05, 0) is 25.7 Å². The predicted octanol–water partition coefficient (Wildman–Crippen LogP) is 2.54. The van der Waals surface area contributed by atoms with Crippen LogP contribution in [0, 0.1) is 0 Å². The summed E-state index contributed by atoms with van der Waals surface area (Å²) in [4.78, 5) is 26.9. The maximum atomic E-state index is 13.0. The largest absolute Gasteiger partial charge is 0.361 e. The molecule has 0 radical (unpaired) electrons. The number of likely N-dealkylation sites (tertiary alicyclic amines) is 1. The molecule has 1 aromatic carbocycles. The third kappa shape index (κ3) is 3.11. The molecule has 2 heterocycles. The Morgan fingerprint density at radius 3 is 2.77 bits per heavy atom. The molecule has 0 bridgehead atoms. The lowest BCUT2D eigenvalue weighted by molar-refractivity contribution is -0.144. The summed E-state index contributed by atoms with van der Waals surface area (Å²) in [6, 6.07) is 11.9. The molecule has 1 aromatic heterocycles. The summed E-state index contributed by atoms with van der Waals surface area (Å²) in [5.41, 5.74) is 0.835. The van der Waals surface area contributed by atoms with Gasteiger partial charge in [-0.15, -0.1) is 0 Å². The fourth-order valence-corrected chi connectivity index (χ4v) is 3.81. The van der Waals surface area contributed by atoms with E-state index in [9.17, 15) is 9.59 Å². The van der Waals surface area contributed by atoms with Crippen LogP contribution in [0.5, 0.6) is 0 Å². The molecular weight excluding hydrogens is 330 g/mol. The first kappa shape index (κ1) is 16.8. The predicted molar refractivity (Wildman–Crippen MR) is 96.2 cm³/mol. The number of aromatic nitrogens is 1. The first-order valence-electron chi connectivity index (χ1n) is 9.19. The van der Waals surface area contributed by atoms with Gasteiger partial charge in [0.25, 0.3) is 0 Å². The molecule has 1 atom stereocenters. The van der Waals surface area contributed by atoms with E-state index in [1.165, 1.54) is 6.92 Å². The summed E-state index contributed by atoms with van der Waals surface area (Å²) in [5, 5.41) is 7.24. The van der Waals surface area contributed by atoms with Crippen molar-refractivity contribution in [3.63, 3.8) is 0 Å². The van der Waals surface area contributed by atoms with Gasteiger partial charge in [-0.1, -0.05) is 35.5 Å². The number of amides is 2. The quantitative estimate of drug-likeness (QED) is 0.896. The standard InChI is InChI=1S/C20H23N3O3/c1-14(24)23-11-5-10-20(23,19(25)21-16-8-9-16)13-17-12-18(22-26-17)15-6-3-2-4-7-15/h2-4,6-7,12,16H,5,8-11,13H2,1H3,(H,21,25)/t20-/m1/s1. The second-order valence-electron chi connectivity index (χ2n) is 7.27. The molecule has 2 fully saturated rings. The van der Waals surface area contributed by atoms with Crippen LogP contribution in [0.25, 0.3) is 11.3 Å². The molecule has 1 saturated carbocycles. The highest BCUT2D eigenvalue weighted by Crippen LogP contribution is 2.35. The second-order valence-corrected chi connectivity index (χ2v) is 7.27. The van der Waals surface area contributed by atoms with E-state index in [-0.39, 0.29) is 17.9 Å². The Labute approximate surface area is 152 Å². The van der Waals surface area contributed by atoms with Gasteiger partial charge in [0.2, 0.25) is 11.8 Å². The summed E-state index contributed by atoms with van der Waals surface area (Å²) in [7, 11) is 0. The number of hydrogen-bond donors (Lipinski definition) is 1. The average molecular weight is 353 g/mol. The molecule has 6 heteroatoms. The zero-order chi connectivity index (χ0) is 18.1. The van der Waals surface area contributed by atoms with Gasteiger partial charge in [0.05, 0.1) is 0 Å². The van der Waals surface area contributed by atoms with Crippen LogP contribution in [0.2, 0.25) is 0 Å².